The zero-order valence-electron chi connectivity index (χ0n) is 21.7. The van der Waals surface area contributed by atoms with Crippen molar-refractivity contribution in [2.24, 2.45) is 0 Å². The number of halogens is 6. The van der Waals surface area contributed by atoms with Crippen LogP contribution in [0.5, 0.6) is 0 Å². The number of aryl methyl sites for hydroxylation is 2. The molecule has 3 aromatic rings. The van der Waals surface area contributed by atoms with Gasteiger partial charge in [-0.05, 0) is 73.5 Å². The SMILES string of the molecule is Cc1ccc(NC(=O)[C@H](OC(=O)c2cccc(C(F)(F)F)c2)[C@@H](OC(=O)c2cccc(C(F)(F)F)c2)C(=O)O)cc1C. The first-order valence-corrected chi connectivity index (χ1v) is 11.8. The monoisotopic (exact) mass is 597 g/mol. The van der Waals surface area contributed by atoms with E-state index in [9.17, 15) is 50.6 Å². The molecule has 0 spiro atoms. The molecule has 0 aromatic heterocycles. The predicted molar refractivity (Wildman–Crippen MR) is 133 cm³/mol. The van der Waals surface area contributed by atoms with E-state index in [1.807, 2.05) is 0 Å². The van der Waals surface area contributed by atoms with E-state index in [1.54, 1.807) is 19.9 Å². The van der Waals surface area contributed by atoms with Crippen molar-refractivity contribution in [1.82, 2.24) is 0 Å². The number of ether oxygens (including phenoxy) is 2. The van der Waals surface area contributed by atoms with E-state index in [0.717, 1.165) is 29.8 Å². The number of hydrogen-bond acceptors (Lipinski definition) is 6. The van der Waals surface area contributed by atoms with E-state index in [4.69, 9.17) is 9.47 Å². The molecule has 0 aliphatic rings. The molecule has 0 bridgehead atoms. The summed E-state index contributed by atoms with van der Waals surface area (Å²) in [6, 6.07) is 10.1. The van der Waals surface area contributed by atoms with Gasteiger partial charge in [-0.15, -0.1) is 0 Å². The van der Waals surface area contributed by atoms with E-state index < -0.39 is 70.6 Å². The molecular weight excluding hydrogens is 576 g/mol. The molecule has 0 saturated heterocycles. The molecule has 0 fully saturated rings. The number of hydrogen-bond donors (Lipinski definition) is 2. The minimum Gasteiger partial charge on any atom is -0.478 e. The number of rotatable bonds is 8. The average Bonchev–Trinajstić information content (AvgIpc) is 2.91. The van der Waals surface area contributed by atoms with Gasteiger partial charge in [0.05, 0.1) is 22.3 Å². The minimum atomic E-state index is -4.86. The van der Waals surface area contributed by atoms with Crippen molar-refractivity contribution in [1.29, 1.82) is 0 Å². The molecular formula is C28H21F6NO7. The molecule has 0 saturated carbocycles. The maximum atomic E-state index is 13.2. The lowest BCUT2D eigenvalue weighted by atomic mass is 10.1. The molecule has 0 aliphatic heterocycles. The summed E-state index contributed by atoms with van der Waals surface area (Å²) in [5, 5.41) is 12.1. The summed E-state index contributed by atoms with van der Waals surface area (Å²) >= 11 is 0. The first-order chi connectivity index (χ1) is 19.5. The number of amides is 1. The van der Waals surface area contributed by atoms with Crippen LogP contribution in [0.25, 0.3) is 0 Å². The van der Waals surface area contributed by atoms with Gasteiger partial charge < -0.3 is 19.9 Å². The topological polar surface area (TPSA) is 119 Å². The van der Waals surface area contributed by atoms with Crippen LogP contribution >= 0.6 is 0 Å². The van der Waals surface area contributed by atoms with Crippen LogP contribution in [-0.4, -0.2) is 41.1 Å². The van der Waals surface area contributed by atoms with Crippen molar-refractivity contribution in [3.05, 3.63) is 100 Å². The van der Waals surface area contributed by atoms with Crippen LogP contribution in [0, 0.1) is 13.8 Å². The zero-order chi connectivity index (χ0) is 31.4. The fourth-order valence-corrected chi connectivity index (χ4v) is 3.54. The van der Waals surface area contributed by atoms with E-state index in [2.05, 4.69) is 5.32 Å². The molecule has 2 N–H and O–H groups in total. The van der Waals surface area contributed by atoms with Crippen molar-refractivity contribution in [2.75, 3.05) is 5.32 Å². The van der Waals surface area contributed by atoms with Gasteiger partial charge in [-0.3, -0.25) is 4.79 Å². The molecule has 0 radical (unpaired) electrons. The highest BCUT2D eigenvalue weighted by molar-refractivity contribution is 6.01. The van der Waals surface area contributed by atoms with E-state index in [-0.39, 0.29) is 5.69 Å². The number of aliphatic carboxylic acids is 1. The number of anilines is 1. The van der Waals surface area contributed by atoms with Crippen LogP contribution in [0.4, 0.5) is 32.0 Å². The number of carbonyl (C=O) groups excluding carboxylic acids is 3. The van der Waals surface area contributed by atoms with Crippen molar-refractivity contribution < 1.29 is 60.1 Å². The third kappa shape index (κ3) is 7.86. The molecule has 0 unspecified atom stereocenters. The molecule has 2 atom stereocenters. The Morgan fingerprint density at radius 3 is 1.60 bits per heavy atom. The Hall–Kier alpha value is -4.88. The molecule has 8 nitrogen and oxygen atoms in total. The van der Waals surface area contributed by atoms with Gasteiger partial charge in [0.25, 0.3) is 5.91 Å². The highest BCUT2D eigenvalue weighted by Crippen LogP contribution is 2.31. The third-order valence-corrected chi connectivity index (χ3v) is 5.87. The highest BCUT2D eigenvalue weighted by Gasteiger charge is 2.42. The van der Waals surface area contributed by atoms with Gasteiger partial charge in [0, 0.05) is 5.69 Å². The summed E-state index contributed by atoms with van der Waals surface area (Å²) in [4.78, 5) is 50.8. The van der Waals surface area contributed by atoms with Crippen LogP contribution < -0.4 is 5.32 Å². The fourth-order valence-electron chi connectivity index (χ4n) is 3.54. The molecule has 3 aromatic carbocycles. The Morgan fingerprint density at radius 2 is 1.17 bits per heavy atom. The number of carboxylic acids is 1. The molecule has 1 amide bonds. The Kier molecular flexibility index (Phi) is 9.29. The zero-order valence-corrected chi connectivity index (χ0v) is 21.7. The summed E-state index contributed by atoms with van der Waals surface area (Å²) < 4.78 is 88.5. The maximum absolute atomic E-state index is 13.2. The Bertz CT molecular complexity index is 1520. The standard InChI is InChI=1S/C28H21F6NO7/c1-14-9-10-20(11-15(14)2)35-23(36)21(41-25(39)16-5-3-7-18(12-16)27(29,30)31)22(24(37)38)42-26(40)17-6-4-8-19(13-17)28(32,33)34/h3-13,21-22H,1-2H3,(H,35,36)(H,37,38)/t21-,22-/m1/s1. The van der Waals surface area contributed by atoms with Crippen LogP contribution in [-0.2, 0) is 31.4 Å². The van der Waals surface area contributed by atoms with E-state index >= 15 is 0 Å². The van der Waals surface area contributed by atoms with Gasteiger partial charge in [0.15, 0.2) is 0 Å². The Balaban J connectivity index is 1.98. The van der Waals surface area contributed by atoms with Gasteiger partial charge in [0.1, 0.15) is 0 Å². The Labute approximate surface area is 233 Å². The quantitative estimate of drug-likeness (QED) is 0.248. The number of esters is 2. The molecule has 0 heterocycles. The van der Waals surface area contributed by atoms with Crippen molar-refractivity contribution in [2.45, 2.75) is 38.4 Å². The second-order valence-electron chi connectivity index (χ2n) is 8.94. The summed E-state index contributed by atoms with van der Waals surface area (Å²) in [6.45, 7) is 3.45. The van der Waals surface area contributed by atoms with Crippen LogP contribution in [0.1, 0.15) is 43.0 Å². The lowest BCUT2D eigenvalue weighted by Gasteiger charge is -2.24. The van der Waals surface area contributed by atoms with E-state index in [1.165, 1.54) is 12.1 Å². The van der Waals surface area contributed by atoms with Gasteiger partial charge in [-0.2, -0.15) is 26.3 Å². The van der Waals surface area contributed by atoms with Crippen molar-refractivity contribution in [3.8, 4) is 0 Å². The second-order valence-corrected chi connectivity index (χ2v) is 8.94. The molecule has 3 rings (SSSR count). The number of carboxylic acid groups (broad SMARTS) is 1. The fraction of sp³-hybridized carbons (Fsp3) is 0.214. The average molecular weight is 597 g/mol. The highest BCUT2D eigenvalue weighted by atomic mass is 19.4. The van der Waals surface area contributed by atoms with Crippen molar-refractivity contribution in [3.63, 3.8) is 0 Å². The number of benzene rings is 3. The summed E-state index contributed by atoms with van der Waals surface area (Å²) in [6.07, 6.45) is -14.9. The second kappa shape index (κ2) is 12.3. The molecule has 14 heteroatoms. The maximum Gasteiger partial charge on any atom is 0.416 e. The smallest absolute Gasteiger partial charge is 0.416 e. The first kappa shape index (κ1) is 31.6. The summed E-state index contributed by atoms with van der Waals surface area (Å²) in [7, 11) is 0. The van der Waals surface area contributed by atoms with E-state index in [0.29, 0.717) is 29.8 Å². The van der Waals surface area contributed by atoms with Gasteiger partial charge in [-0.25, -0.2) is 14.4 Å². The summed E-state index contributed by atoms with van der Waals surface area (Å²) in [5.41, 5.74) is -2.37. The van der Waals surface area contributed by atoms with Gasteiger partial charge >= 0.3 is 30.3 Å². The van der Waals surface area contributed by atoms with Crippen LogP contribution in [0.3, 0.4) is 0 Å². The first-order valence-electron chi connectivity index (χ1n) is 11.8. The molecule has 42 heavy (non-hydrogen) atoms. The van der Waals surface area contributed by atoms with Crippen LogP contribution in [0.2, 0.25) is 0 Å². The lowest BCUT2D eigenvalue weighted by Crippen LogP contribution is -2.48. The molecule has 222 valence electrons. The molecule has 0 aliphatic carbocycles. The summed E-state index contributed by atoms with van der Waals surface area (Å²) in [5.74, 6) is -6.61. The predicted octanol–water partition coefficient (Wildman–Crippen LogP) is 5.82. The Morgan fingerprint density at radius 1 is 0.690 bits per heavy atom. The van der Waals surface area contributed by atoms with Crippen LogP contribution in [0.15, 0.2) is 66.7 Å². The third-order valence-electron chi connectivity index (χ3n) is 5.87. The van der Waals surface area contributed by atoms with Gasteiger partial charge in [0.2, 0.25) is 12.2 Å². The minimum absolute atomic E-state index is 0.0940. The lowest BCUT2D eigenvalue weighted by molar-refractivity contribution is -0.157. The van der Waals surface area contributed by atoms with Gasteiger partial charge in [-0.1, -0.05) is 18.2 Å². The normalized spacial score (nSPS) is 13.0. The number of alkyl halides is 6. The van der Waals surface area contributed by atoms with Crippen molar-refractivity contribution >= 4 is 29.5 Å². The largest absolute Gasteiger partial charge is 0.478 e. The number of carbonyl (C=O) groups is 4. The number of nitrogens with one attached hydrogen (secondary N) is 1.